The second-order valence-corrected chi connectivity index (χ2v) is 5.75. The predicted molar refractivity (Wildman–Crippen MR) is 85.6 cm³/mol. The molecule has 0 amide bonds. The first-order chi connectivity index (χ1) is 10.1. The van der Waals surface area contributed by atoms with Gasteiger partial charge >= 0.3 is 5.97 Å². The fourth-order valence-electron chi connectivity index (χ4n) is 2.93. The quantitative estimate of drug-likeness (QED) is 0.875. The normalized spacial score (nSPS) is 19.0. The molecule has 1 aromatic rings. The van der Waals surface area contributed by atoms with Gasteiger partial charge in [-0.05, 0) is 43.6 Å². The minimum atomic E-state index is -0.669. The Bertz CT molecular complexity index is 454. The van der Waals surface area contributed by atoms with Crippen molar-refractivity contribution in [1.82, 2.24) is 4.90 Å². The molecule has 1 aromatic carbocycles. The first-order valence-corrected chi connectivity index (χ1v) is 7.93. The van der Waals surface area contributed by atoms with Gasteiger partial charge in [-0.2, -0.15) is 0 Å². The lowest BCUT2D eigenvalue weighted by Gasteiger charge is -2.32. The van der Waals surface area contributed by atoms with Crippen LogP contribution in [0, 0.1) is 5.92 Å². The van der Waals surface area contributed by atoms with Crippen molar-refractivity contribution in [2.24, 2.45) is 5.92 Å². The summed E-state index contributed by atoms with van der Waals surface area (Å²) in [6.07, 6.45) is 1.75. The Labute approximate surface area is 127 Å². The van der Waals surface area contributed by atoms with E-state index in [1.165, 1.54) is 5.56 Å². The van der Waals surface area contributed by atoms with E-state index in [9.17, 15) is 4.79 Å². The van der Waals surface area contributed by atoms with Crippen LogP contribution < -0.4 is 4.90 Å². The molecule has 0 aromatic heterocycles. The summed E-state index contributed by atoms with van der Waals surface area (Å²) in [4.78, 5) is 15.7. The highest BCUT2D eigenvalue weighted by Crippen LogP contribution is 2.24. The number of nitrogens with zero attached hydrogens (tertiary/aromatic N) is 2. The van der Waals surface area contributed by atoms with Gasteiger partial charge in [0.25, 0.3) is 0 Å². The Morgan fingerprint density at radius 3 is 2.52 bits per heavy atom. The Morgan fingerprint density at radius 2 is 1.95 bits per heavy atom. The molecule has 4 heteroatoms. The number of carboxylic acids is 1. The first kappa shape index (κ1) is 15.8. The summed E-state index contributed by atoms with van der Waals surface area (Å²) in [6, 6.07) is 8.59. The van der Waals surface area contributed by atoms with Crippen LogP contribution in [0.25, 0.3) is 0 Å². The van der Waals surface area contributed by atoms with Crippen molar-refractivity contribution in [3.05, 3.63) is 29.8 Å². The monoisotopic (exact) mass is 290 g/mol. The third-order valence-electron chi connectivity index (χ3n) is 4.37. The van der Waals surface area contributed by atoms with E-state index >= 15 is 0 Å². The summed E-state index contributed by atoms with van der Waals surface area (Å²) in [6.45, 7) is 9.04. The molecule has 1 saturated heterocycles. The fourth-order valence-corrected chi connectivity index (χ4v) is 2.93. The van der Waals surface area contributed by atoms with Crippen LogP contribution in [0.2, 0.25) is 0 Å². The molecule has 0 radical (unpaired) electrons. The van der Waals surface area contributed by atoms with Crippen molar-refractivity contribution in [3.63, 3.8) is 0 Å². The van der Waals surface area contributed by atoms with Gasteiger partial charge in [0.2, 0.25) is 0 Å². The molecule has 1 heterocycles. The smallest absolute Gasteiger partial charge is 0.308 e. The van der Waals surface area contributed by atoms with Crippen molar-refractivity contribution >= 4 is 11.7 Å². The van der Waals surface area contributed by atoms with E-state index in [2.05, 4.69) is 47.9 Å². The number of anilines is 1. The number of hydrogen-bond donors (Lipinski definition) is 1. The molecular formula is C17H26N2O2. The van der Waals surface area contributed by atoms with Crippen LogP contribution in [-0.4, -0.2) is 42.2 Å². The van der Waals surface area contributed by atoms with Crippen molar-refractivity contribution in [2.75, 3.05) is 31.1 Å². The third-order valence-corrected chi connectivity index (χ3v) is 4.37. The Hall–Kier alpha value is -1.55. The van der Waals surface area contributed by atoms with Crippen LogP contribution in [0.1, 0.15) is 32.3 Å². The van der Waals surface area contributed by atoms with Gasteiger partial charge in [-0.1, -0.05) is 26.0 Å². The number of rotatable bonds is 6. The van der Waals surface area contributed by atoms with Crippen LogP contribution in [-0.2, 0) is 11.3 Å². The standard InChI is InChI=1S/C17H26N2O2/c1-3-18(4-2)12-14-7-9-16(10-8-14)19-11-5-6-15(13-19)17(20)21/h7-10,15H,3-6,11-13H2,1-2H3,(H,20,21). The maximum Gasteiger partial charge on any atom is 0.308 e. The lowest BCUT2D eigenvalue weighted by atomic mass is 9.97. The molecule has 0 spiro atoms. The van der Waals surface area contributed by atoms with Gasteiger partial charge in [0.05, 0.1) is 5.92 Å². The largest absolute Gasteiger partial charge is 0.481 e. The van der Waals surface area contributed by atoms with E-state index in [1.54, 1.807) is 0 Å². The van der Waals surface area contributed by atoms with Gasteiger partial charge in [0.15, 0.2) is 0 Å². The van der Waals surface area contributed by atoms with Crippen LogP contribution in [0.3, 0.4) is 0 Å². The van der Waals surface area contributed by atoms with E-state index in [-0.39, 0.29) is 5.92 Å². The zero-order valence-corrected chi connectivity index (χ0v) is 13.1. The Kier molecular flexibility index (Phi) is 5.62. The lowest BCUT2D eigenvalue weighted by molar-refractivity contribution is -0.141. The van der Waals surface area contributed by atoms with E-state index in [0.29, 0.717) is 6.54 Å². The molecule has 1 unspecified atom stereocenters. The average Bonchev–Trinajstić information content (AvgIpc) is 2.53. The van der Waals surface area contributed by atoms with Crippen LogP contribution in [0.15, 0.2) is 24.3 Å². The highest BCUT2D eigenvalue weighted by atomic mass is 16.4. The Balaban J connectivity index is 1.99. The van der Waals surface area contributed by atoms with Gasteiger partial charge in [-0.3, -0.25) is 9.69 Å². The minimum Gasteiger partial charge on any atom is -0.481 e. The molecule has 1 fully saturated rings. The molecule has 1 aliphatic heterocycles. The Morgan fingerprint density at radius 1 is 1.29 bits per heavy atom. The third kappa shape index (κ3) is 4.21. The fraction of sp³-hybridized carbons (Fsp3) is 0.588. The zero-order valence-electron chi connectivity index (χ0n) is 13.1. The molecule has 0 aliphatic carbocycles. The molecule has 1 N–H and O–H groups in total. The maximum absolute atomic E-state index is 11.1. The minimum absolute atomic E-state index is 0.228. The van der Waals surface area contributed by atoms with Crippen molar-refractivity contribution < 1.29 is 9.90 Å². The number of carbonyl (C=O) groups is 1. The summed E-state index contributed by atoms with van der Waals surface area (Å²) in [7, 11) is 0. The zero-order chi connectivity index (χ0) is 15.2. The highest BCUT2D eigenvalue weighted by Gasteiger charge is 2.25. The topological polar surface area (TPSA) is 43.8 Å². The molecule has 116 valence electrons. The number of benzene rings is 1. The predicted octanol–water partition coefficient (Wildman–Crippen LogP) is 2.83. The van der Waals surface area contributed by atoms with Gasteiger partial charge in [0.1, 0.15) is 0 Å². The van der Waals surface area contributed by atoms with E-state index in [4.69, 9.17) is 5.11 Å². The molecule has 0 saturated carbocycles. The number of piperidine rings is 1. The molecule has 1 atom stereocenters. The van der Waals surface area contributed by atoms with Crippen LogP contribution >= 0.6 is 0 Å². The summed E-state index contributed by atoms with van der Waals surface area (Å²) in [5.74, 6) is -0.896. The van der Waals surface area contributed by atoms with E-state index < -0.39 is 5.97 Å². The summed E-state index contributed by atoms with van der Waals surface area (Å²) < 4.78 is 0. The second-order valence-electron chi connectivity index (χ2n) is 5.75. The summed E-state index contributed by atoms with van der Waals surface area (Å²) in [5.41, 5.74) is 2.46. The van der Waals surface area contributed by atoms with Crippen molar-refractivity contribution in [1.29, 1.82) is 0 Å². The molecule has 21 heavy (non-hydrogen) atoms. The molecule has 4 nitrogen and oxygen atoms in total. The van der Waals surface area contributed by atoms with Gasteiger partial charge in [-0.25, -0.2) is 0 Å². The van der Waals surface area contributed by atoms with Gasteiger partial charge in [0, 0.05) is 25.3 Å². The summed E-state index contributed by atoms with van der Waals surface area (Å²) >= 11 is 0. The van der Waals surface area contributed by atoms with E-state index in [1.807, 2.05) is 0 Å². The molecular weight excluding hydrogens is 264 g/mol. The number of hydrogen-bond acceptors (Lipinski definition) is 3. The molecule has 1 aliphatic rings. The highest BCUT2D eigenvalue weighted by molar-refractivity contribution is 5.71. The number of aliphatic carboxylic acids is 1. The van der Waals surface area contributed by atoms with Crippen molar-refractivity contribution in [2.45, 2.75) is 33.2 Å². The molecule has 2 rings (SSSR count). The number of carboxylic acid groups (broad SMARTS) is 1. The average molecular weight is 290 g/mol. The van der Waals surface area contributed by atoms with Gasteiger partial charge in [-0.15, -0.1) is 0 Å². The van der Waals surface area contributed by atoms with Crippen molar-refractivity contribution in [3.8, 4) is 0 Å². The first-order valence-electron chi connectivity index (χ1n) is 7.93. The van der Waals surface area contributed by atoms with Crippen LogP contribution in [0.4, 0.5) is 5.69 Å². The molecule has 0 bridgehead atoms. The van der Waals surface area contributed by atoms with Gasteiger partial charge < -0.3 is 10.0 Å². The van der Waals surface area contributed by atoms with Crippen LogP contribution in [0.5, 0.6) is 0 Å². The maximum atomic E-state index is 11.1. The summed E-state index contributed by atoms with van der Waals surface area (Å²) in [5, 5.41) is 9.17. The lowest BCUT2D eigenvalue weighted by Crippen LogP contribution is -2.38. The second kappa shape index (κ2) is 7.46. The van der Waals surface area contributed by atoms with E-state index in [0.717, 1.165) is 44.7 Å². The SMILES string of the molecule is CCN(CC)Cc1ccc(N2CCCC(C(=O)O)C2)cc1.